The Hall–Kier alpha value is -2.15. The lowest BCUT2D eigenvalue weighted by molar-refractivity contribution is 0.0527. The largest absolute Gasteiger partial charge is 0.462 e. The Morgan fingerprint density at radius 1 is 1.48 bits per heavy atom. The number of benzene rings is 1. The molecule has 0 aliphatic rings. The number of rotatable bonds is 4. The van der Waals surface area contributed by atoms with Crippen LogP contribution in [0.25, 0.3) is 0 Å². The van der Waals surface area contributed by atoms with Crippen molar-refractivity contribution in [3.05, 3.63) is 46.3 Å². The molecule has 0 spiro atoms. The molecule has 0 fully saturated rings. The van der Waals surface area contributed by atoms with Gasteiger partial charge in [0.15, 0.2) is 5.82 Å². The molecule has 0 saturated carbocycles. The van der Waals surface area contributed by atoms with Gasteiger partial charge in [-0.25, -0.2) is 14.2 Å². The molecule has 0 aliphatic heterocycles. The molecule has 7 heteroatoms. The van der Waals surface area contributed by atoms with E-state index in [9.17, 15) is 9.18 Å². The quantitative estimate of drug-likeness (QED) is 0.822. The minimum Gasteiger partial charge on any atom is -0.462 e. The third kappa shape index (κ3) is 3.49. The first-order valence-electron chi connectivity index (χ1n) is 6.16. The van der Waals surface area contributed by atoms with E-state index < -0.39 is 11.8 Å². The van der Waals surface area contributed by atoms with Crippen molar-refractivity contribution in [3.63, 3.8) is 0 Å². The van der Waals surface area contributed by atoms with Gasteiger partial charge in [-0.05, 0) is 47.1 Å². The molecule has 0 radical (unpaired) electrons. The summed E-state index contributed by atoms with van der Waals surface area (Å²) in [5, 5.41) is 2.89. The molecule has 2 aromatic rings. The molecule has 1 heterocycles. The number of pyridine rings is 1. The third-order valence-electron chi connectivity index (χ3n) is 2.67. The summed E-state index contributed by atoms with van der Waals surface area (Å²) in [7, 11) is 0. The molecule has 5 nitrogen and oxygen atoms in total. The first-order chi connectivity index (χ1) is 10.0. The number of nitrogens with two attached hydrogens (primary N) is 1. The summed E-state index contributed by atoms with van der Waals surface area (Å²) in [6, 6.07) is 5.64. The smallest absolute Gasteiger partial charge is 0.340 e. The van der Waals surface area contributed by atoms with Crippen molar-refractivity contribution in [1.82, 2.24) is 4.98 Å². The van der Waals surface area contributed by atoms with E-state index >= 15 is 0 Å². The van der Waals surface area contributed by atoms with Gasteiger partial charge in [0.1, 0.15) is 5.82 Å². The monoisotopic (exact) mass is 353 g/mol. The summed E-state index contributed by atoms with van der Waals surface area (Å²) in [4.78, 5) is 15.8. The zero-order valence-electron chi connectivity index (χ0n) is 11.2. The number of esters is 1. The lowest BCUT2D eigenvalue weighted by Gasteiger charge is -2.12. The van der Waals surface area contributed by atoms with Gasteiger partial charge in [-0.2, -0.15) is 0 Å². The number of aromatic nitrogens is 1. The number of halogens is 2. The Balaban J connectivity index is 2.35. The van der Waals surface area contributed by atoms with Crippen LogP contribution < -0.4 is 11.1 Å². The lowest BCUT2D eigenvalue weighted by Crippen LogP contribution is -2.10. The normalized spacial score (nSPS) is 10.2. The second kappa shape index (κ2) is 6.53. The van der Waals surface area contributed by atoms with Gasteiger partial charge < -0.3 is 15.8 Å². The molecule has 0 amide bonds. The molecule has 1 aromatic heterocycles. The van der Waals surface area contributed by atoms with Crippen molar-refractivity contribution in [2.45, 2.75) is 6.92 Å². The predicted octanol–water partition coefficient (Wildman–Crippen LogP) is 3.49. The first kappa shape index (κ1) is 15.2. The minimum absolute atomic E-state index is 0.145. The zero-order chi connectivity index (χ0) is 15.4. The van der Waals surface area contributed by atoms with Crippen LogP contribution in [0.2, 0.25) is 0 Å². The predicted molar refractivity (Wildman–Crippen MR) is 82.0 cm³/mol. The van der Waals surface area contributed by atoms with Gasteiger partial charge in [0.2, 0.25) is 0 Å². The Bertz CT molecular complexity index is 679. The molecule has 0 saturated heterocycles. The maximum Gasteiger partial charge on any atom is 0.340 e. The molecule has 110 valence electrons. The fraction of sp³-hybridized carbons (Fsp3) is 0.143. The Kier molecular flexibility index (Phi) is 4.74. The van der Waals surface area contributed by atoms with Crippen molar-refractivity contribution in [1.29, 1.82) is 0 Å². The van der Waals surface area contributed by atoms with Gasteiger partial charge in [-0.1, -0.05) is 0 Å². The molecular weight excluding hydrogens is 341 g/mol. The Morgan fingerprint density at radius 3 is 2.95 bits per heavy atom. The number of nitrogen functional groups attached to an aromatic ring is 1. The molecular formula is C14H13BrFN3O2. The summed E-state index contributed by atoms with van der Waals surface area (Å²) in [6.07, 6.45) is 1.43. The number of anilines is 3. The van der Waals surface area contributed by atoms with E-state index in [-0.39, 0.29) is 23.7 Å². The zero-order valence-corrected chi connectivity index (χ0v) is 12.8. The van der Waals surface area contributed by atoms with Gasteiger partial charge >= 0.3 is 5.97 Å². The van der Waals surface area contributed by atoms with E-state index in [4.69, 9.17) is 10.5 Å². The SMILES string of the molecule is CCOC(=O)c1ccnc(Nc2cc(F)ccc2Br)c1N. The van der Waals surface area contributed by atoms with Crippen LogP contribution in [0, 0.1) is 5.82 Å². The minimum atomic E-state index is -0.529. The molecule has 1 aromatic carbocycles. The second-order valence-corrected chi connectivity index (χ2v) is 4.94. The molecule has 0 atom stereocenters. The fourth-order valence-corrected chi connectivity index (χ4v) is 2.03. The molecule has 2 rings (SSSR count). The highest BCUT2D eigenvalue weighted by molar-refractivity contribution is 9.10. The number of ether oxygens (including phenoxy) is 1. The van der Waals surface area contributed by atoms with Gasteiger partial charge in [0, 0.05) is 10.7 Å². The number of carbonyl (C=O) groups excluding carboxylic acids is 1. The second-order valence-electron chi connectivity index (χ2n) is 4.09. The van der Waals surface area contributed by atoms with Crippen LogP contribution in [0.4, 0.5) is 21.6 Å². The third-order valence-corrected chi connectivity index (χ3v) is 3.36. The maximum absolute atomic E-state index is 13.3. The van der Waals surface area contributed by atoms with E-state index in [1.54, 1.807) is 13.0 Å². The molecule has 21 heavy (non-hydrogen) atoms. The summed E-state index contributed by atoms with van der Waals surface area (Å²) in [5.74, 6) is -0.675. The van der Waals surface area contributed by atoms with Gasteiger partial charge in [0.25, 0.3) is 0 Å². The maximum atomic E-state index is 13.3. The average molecular weight is 354 g/mol. The van der Waals surface area contributed by atoms with Gasteiger partial charge in [0.05, 0.1) is 23.5 Å². The number of carbonyl (C=O) groups is 1. The van der Waals surface area contributed by atoms with Crippen LogP contribution in [-0.2, 0) is 4.74 Å². The van der Waals surface area contributed by atoms with E-state index in [1.807, 2.05) is 0 Å². The highest BCUT2D eigenvalue weighted by Crippen LogP contribution is 2.29. The van der Waals surface area contributed by atoms with E-state index in [0.29, 0.717) is 10.2 Å². The van der Waals surface area contributed by atoms with E-state index in [2.05, 4.69) is 26.2 Å². The first-order valence-corrected chi connectivity index (χ1v) is 6.96. The highest BCUT2D eigenvalue weighted by Gasteiger charge is 2.15. The number of nitrogens with one attached hydrogen (secondary N) is 1. The van der Waals surface area contributed by atoms with Crippen LogP contribution in [-0.4, -0.2) is 17.6 Å². The molecule has 0 unspecified atom stereocenters. The van der Waals surface area contributed by atoms with Crippen LogP contribution in [0.1, 0.15) is 17.3 Å². The topological polar surface area (TPSA) is 77.2 Å². The van der Waals surface area contributed by atoms with Crippen LogP contribution >= 0.6 is 15.9 Å². The fourth-order valence-electron chi connectivity index (χ4n) is 1.68. The summed E-state index contributed by atoms with van der Waals surface area (Å²) in [6.45, 7) is 1.96. The van der Waals surface area contributed by atoms with Crippen molar-refractivity contribution in [2.75, 3.05) is 17.7 Å². The Labute approximate surface area is 129 Å². The van der Waals surface area contributed by atoms with E-state index in [0.717, 1.165) is 0 Å². The van der Waals surface area contributed by atoms with Crippen LogP contribution in [0.3, 0.4) is 0 Å². The lowest BCUT2D eigenvalue weighted by atomic mass is 10.2. The van der Waals surface area contributed by atoms with Crippen molar-refractivity contribution >= 4 is 39.1 Å². The van der Waals surface area contributed by atoms with E-state index in [1.165, 1.54) is 24.4 Å². The number of nitrogens with zero attached hydrogens (tertiary/aromatic N) is 1. The standard InChI is InChI=1S/C14H13BrFN3O2/c1-2-21-14(20)9-5-6-18-13(12(9)17)19-11-7-8(16)3-4-10(11)15/h3-7H,2,17H2,1H3,(H,18,19). The summed E-state index contributed by atoms with van der Waals surface area (Å²) >= 11 is 3.30. The van der Waals surface area contributed by atoms with Gasteiger partial charge in [-0.3, -0.25) is 0 Å². The van der Waals surface area contributed by atoms with Crippen molar-refractivity contribution in [2.24, 2.45) is 0 Å². The summed E-state index contributed by atoms with van der Waals surface area (Å²) in [5.41, 5.74) is 6.73. The number of hydrogen-bond donors (Lipinski definition) is 2. The van der Waals surface area contributed by atoms with Crippen molar-refractivity contribution < 1.29 is 13.9 Å². The molecule has 0 aliphatic carbocycles. The molecule has 3 N–H and O–H groups in total. The summed E-state index contributed by atoms with van der Waals surface area (Å²) < 4.78 is 18.8. The highest BCUT2D eigenvalue weighted by atomic mass is 79.9. The van der Waals surface area contributed by atoms with Crippen LogP contribution in [0.15, 0.2) is 34.9 Å². The molecule has 0 bridgehead atoms. The van der Waals surface area contributed by atoms with Crippen LogP contribution in [0.5, 0.6) is 0 Å². The van der Waals surface area contributed by atoms with Crippen molar-refractivity contribution in [3.8, 4) is 0 Å². The number of hydrogen-bond acceptors (Lipinski definition) is 5. The van der Waals surface area contributed by atoms with Gasteiger partial charge in [-0.15, -0.1) is 0 Å². The average Bonchev–Trinajstić information content (AvgIpc) is 2.45. The Morgan fingerprint density at radius 2 is 2.24 bits per heavy atom.